The molecule has 0 aliphatic rings. The summed E-state index contributed by atoms with van der Waals surface area (Å²) in [5.41, 5.74) is 1.00. The minimum Gasteiger partial charge on any atom is -0.388 e. The average Bonchev–Trinajstić information content (AvgIpc) is 2.21. The second-order valence-electron chi connectivity index (χ2n) is 2.33. The molecule has 0 aliphatic heterocycles. The van der Waals surface area contributed by atoms with Gasteiger partial charge in [0, 0.05) is 0 Å². The van der Waals surface area contributed by atoms with E-state index in [0.717, 1.165) is 12.0 Å². The first kappa shape index (κ1) is 11.2. The Morgan fingerprint density at radius 1 is 1.17 bits per heavy atom. The van der Waals surface area contributed by atoms with E-state index < -0.39 is 0 Å². The number of hydrogen-bond donors (Lipinski definition) is 1. The van der Waals surface area contributed by atoms with Crippen molar-refractivity contribution in [2.75, 3.05) is 0 Å². The summed E-state index contributed by atoms with van der Waals surface area (Å²) in [6.45, 7) is 5.97. The van der Waals surface area contributed by atoms with Crippen LogP contribution in [0.4, 0.5) is 0 Å². The average molecular weight is 166 g/mol. The molecule has 0 bridgehead atoms. The van der Waals surface area contributed by atoms with Gasteiger partial charge in [0.2, 0.25) is 0 Å². The molecule has 0 spiro atoms. The third-order valence-electron chi connectivity index (χ3n) is 1.57. The maximum Gasteiger partial charge on any atom is 0.0787 e. The number of aliphatic hydroxyl groups excluding tert-OH is 1. The molecule has 0 saturated heterocycles. The molecule has 1 N–H and O–H groups in total. The smallest absolute Gasteiger partial charge is 0.0787 e. The molecule has 0 radical (unpaired) electrons. The van der Waals surface area contributed by atoms with Crippen LogP contribution in [0.2, 0.25) is 0 Å². The largest absolute Gasteiger partial charge is 0.388 e. The van der Waals surface area contributed by atoms with E-state index in [1.165, 1.54) is 0 Å². The zero-order valence-electron chi connectivity index (χ0n) is 8.12. The molecule has 12 heavy (non-hydrogen) atoms. The highest BCUT2D eigenvalue weighted by atomic mass is 16.3. The SMILES string of the molecule is CC.CCC(O)c1ccccc1. The molecule has 0 fully saturated rings. The minimum absolute atomic E-state index is 0.291. The Morgan fingerprint density at radius 2 is 1.67 bits per heavy atom. The van der Waals surface area contributed by atoms with E-state index in [1.807, 2.05) is 51.1 Å². The maximum absolute atomic E-state index is 9.33. The van der Waals surface area contributed by atoms with Crippen LogP contribution >= 0.6 is 0 Å². The summed E-state index contributed by atoms with van der Waals surface area (Å²) in [5, 5.41) is 9.33. The summed E-state index contributed by atoms with van der Waals surface area (Å²) in [7, 11) is 0. The molecule has 1 nitrogen and oxygen atoms in total. The zero-order chi connectivity index (χ0) is 9.40. The first-order chi connectivity index (χ1) is 5.84. The summed E-state index contributed by atoms with van der Waals surface area (Å²) >= 11 is 0. The van der Waals surface area contributed by atoms with Gasteiger partial charge in [0.05, 0.1) is 6.10 Å². The van der Waals surface area contributed by atoms with E-state index in [-0.39, 0.29) is 6.10 Å². The van der Waals surface area contributed by atoms with E-state index in [1.54, 1.807) is 0 Å². The van der Waals surface area contributed by atoms with Crippen molar-refractivity contribution in [1.82, 2.24) is 0 Å². The molecule has 1 rings (SSSR count). The van der Waals surface area contributed by atoms with Crippen molar-refractivity contribution in [3.05, 3.63) is 35.9 Å². The molecule has 0 amide bonds. The predicted octanol–water partition coefficient (Wildman–Crippen LogP) is 3.16. The highest BCUT2D eigenvalue weighted by Crippen LogP contribution is 2.14. The summed E-state index contributed by atoms with van der Waals surface area (Å²) in [6.07, 6.45) is 0.491. The molecule has 1 aromatic carbocycles. The number of hydrogen-bond acceptors (Lipinski definition) is 1. The molecule has 1 heteroatoms. The van der Waals surface area contributed by atoms with Crippen LogP contribution in [0.15, 0.2) is 30.3 Å². The second-order valence-corrected chi connectivity index (χ2v) is 2.33. The Hall–Kier alpha value is -0.820. The van der Waals surface area contributed by atoms with Crippen LogP contribution in [0.3, 0.4) is 0 Å². The van der Waals surface area contributed by atoms with Gasteiger partial charge in [-0.15, -0.1) is 0 Å². The topological polar surface area (TPSA) is 20.2 Å². The van der Waals surface area contributed by atoms with Gasteiger partial charge >= 0.3 is 0 Å². The van der Waals surface area contributed by atoms with E-state index in [4.69, 9.17) is 0 Å². The highest BCUT2D eigenvalue weighted by molar-refractivity contribution is 5.16. The van der Waals surface area contributed by atoms with Crippen molar-refractivity contribution >= 4 is 0 Å². The van der Waals surface area contributed by atoms with Gasteiger partial charge in [-0.05, 0) is 12.0 Å². The van der Waals surface area contributed by atoms with E-state index >= 15 is 0 Å². The Kier molecular flexibility index (Phi) is 6.39. The predicted molar refractivity (Wildman–Crippen MR) is 53.0 cm³/mol. The maximum atomic E-state index is 9.33. The lowest BCUT2D eigenvalue weighted by Crippen LogP contribution is -1.93. The van der Waals surface area contributed by atoms with Crippen LogP contribution in [-0.2, 0) is 0 Å². The van der Waals surface area contributed by atoms with Crippen LogP contribution in [0.1, 0.15) is 38.9 Å². The number of benzene rings is 1. The Bertz CT molecular complexity index is 181. The quantitative estimate of drug-likeness (QED) is 0.715. The summed E-state index contributed by atoms with van der Waals surface area (Å²) in [4.78, 5) is 0. The Labute approximate surface area is 75.1 Å². The molecule has 68 valence electrons. The van der Waals surface area contributed by atoms with Crippen molar-refractivity contribution in [2.24, 2.45) is 0 Å². The van der Waals surface area contributed by atoms with E-state index in [2.05, 4.69) is 0 Å². The van der Waals surface area contributed by atoms with Gasteiger partial charge in [0.1, 0.15) is 0 Å². The second kappa shape index (κ2) is 6.86. The normalized spacial score (nSPS) is 11.3. The standard InChI is InChI=1S/C9H12O.C2H6/c1-2-9(10)8-6-4-3-5-7-8;1-2/h3-7,9-10H,2H2,1H3;1-2H3. The molecule has 1 atom stereocenters. The molecular weight excluding hydrogens is 148 g/mol. The van der Waals surface area contributed by atoms with Gasteiger partial charge in [0.15, 0.2) is 0 Å². The molecule has 1 unspecified atom stereocenters. The molecule has 0 aromatic heterocycles. The lowest BCUT2D eigenvalue weighted by Gasteiger charge is -2.05. The van der Waals surface area contributed by atoms with Gasteiger partial charge in [-0.1, -0.05) is 51.1 Å². The lowest BCUT2D eigenvalue weighted by atomic mass is 10.1. The zero-order valence-corrected chi connectivity index (χ0v) is 8.12. The van der Waals surface area contributed by atoms with E-state index in [9.17, 15) is 5.11 Å². The van der Waals surface area contributed by atoms with Crippen LogP contribution in [0.5, 0.6) is 0 Å². The summed E-state index contributed by atoms with van der Waals surface area (Å²) in [5.74, 6) is 0. The molecule has 0 heterocycles. The first-order valence-corrected chi connectivity index (χ1v) is 4.57. The summed E-state index contributed by atoms with van der Waals surface area (Å²) < 4.78 is 0. The first-order valence-electron chi connectivity index (χ1n) is 4.57. The van der Waals surface area contributed by atoms with E-state index in [0.29, 0.717) is 0 Å². The van der Waals surface area contributed by atoms with Crippen molar-refractivity contribution in [3.63, 3.8) is 0 Å². The minimum atomic E-state index is -0.291. The fraction of sp³-hybridized carbons (Fsp3) is 0.455. The van der Waals surface area contributed by atoms with Crippen molar-refractivity contribution in [2.45, 2.75) is 33.3 Å². The number of aliphatic hydroxyl groups is 1. The van der Waals surface area contributed by atoms with Gasteiger partial charge in [-0.2, -0.15) is 0 Å². The van der Waals surface area contributed by atoms with Crippen molar-refractivity contribution in [1.29, 1.82) is 0 Å². The van der Waals surface area contributed by atoms with Crippen LogP contribution in [0, 0.1) is 0 Å². The fourth-order valence-electron chi connectivity index (χ4n) is 0.911. The lowest BCUT2D eigenvalue weighted by molar-refractivity contribution is 0.173. The van der Waals surface area contributed by atoms with Crippen molar-refractivity contribution in [3.8, 4) is 0 Å². The fourth-order valence-corrected chi connectivity index (χ4v) is 0.911. The van der Waals surface area contributed by atoms with Gasteiger partial charge < -0.3 is 5.11 Å². The Morgan fingerprint density at radius 3 is 2.08 bits per heavy atom. The van der Waals surface area contributed by atoms with Crippen molar-refractivity contribution < 1.29 is 5.11 Å². The molecular formula is C11H18O. The summed E-state index contributed by atoms with van der Waals surface area (Å²) in [6, 6.07) is 9.70. The molecule has 0 aliphatic carbocycles. The van der Waals surface area contributed by atoms with Crippen LogP contribution in [-0.4, -0.2) is 5.11 Å². The third kappa shape index (κ3) is 3.54. The third-order valence-corrected chi connectivity index (χ3v) is 1.57. The van der Waals surface area contributed by atoms with Gasteiger partial charge in [-0.25, -0.2) is 0 Å². The highest BCUT2D eigenvalue weighted by Gasteiger charge is 2.00. The Balaban J connectivity index is 0.000000561. The molecule has 0 saturated carbocycles. The van der Waals surface area contributed by atoms with Crippen LogP contribution < -0.4 is 0 Å². The molecule has 1 aromatic rings. The van der Waals surface area contributed by atoms with Gasteiger partial charge in [-0.3, -0.25) is 0 Å². The monoisotopic (exact) mass is 166 g/mol. The van der Waals surface area contributed by atoms with Gasteiger partial charge in [0.25, 0.3) is 0 Å². The van der Waals surface area contributed by atoms with Crippen LogP contribution in [0.25, 0.3) is 0 Å². The number of rotatable bonds is 2.